The lowest BCUT2D eigenvalue weighted by Crippen LogP contribution is -2.18. The zero-order valence-electron chi connectivity index (χ0n) is 10.5. The summed E-state index contributed by atoms with van der Waals surface area (Å²) in [5.74, 6) is -0.954. The molecule has 1 fully saturated rings. The summed E-state index contributed by atoms with van der Waals surface area (Å²) in [5.41, 5.74) is 1.08. The number of hydrogen-bond donors (Lipinski definition) is 1. The van der Waals surface area contributed by atoms with Crippen molar-refractivity contribution in [1.82, 2.24) is 20.3 Å². The normalized spacial score (nSPS) is 14.9. The van der Waals surface area contributed by atoms with Crippen molar-refractivity contribution in [3.63, 3.8) is 0 Å². The van der Waals surface area contributed by atoms with Gasteiger partial charge in [0.05, 0.1) is 11.9 Å². The van der Waals surface area contributed by atoms with Gasteiger partial charge in [0.25, 0.3) is 0 Å². The molecule has 1 saturated carbocycles. The lowest BCUT2D eigenvalue weighted by atomic mass is 10.2. The fourth-order valence-electron chi connectivity index (χ4n) is 1.91. The number of nitrogens with one attached hydrogen (secondary N) is 1. The highest BCUT2D eigenvalue weighted by Crippen LogP contribution is 2.21. The minimum absolute atomic E-state index is 0.0909. The molecule has 0 aliphatic heterocycles. The van der Waals surface area contributed by atoms with Crippen molar-refractivity contribution in [1.29, 1.82) is 0 Å². The number of aromatic nitrogens is 3. The summed E-state index contributed by atoms with van der Waals surface area (Å²) in [5, 5.41) is 10.9. The highest BCUT2D eigenvalue weighted by Gasteiger charge is 2.21. The molecule has 0 spiro atoms. The first-order valence-electron chi connectivity index (χ1n) is 6.24. The predicted octanol–water partition coefficient (Wildman–Crippen LogP) is 2.11. The van der Waals surface area contributed by atoms with Gasteiger partial charge < -0.3 is 5.32 Å². The van der Waals surface area contributed by atoms with Crippen molar-refractivity contribution in [2.75, 3.05) is 0 Å². The molecular weight excluding hydrogens is 250 g/mol. The summed E-state index contributed by atoms with van der Waals surface area (Å²) < 4.78 is 28.8. The molecule has 1 aliphatic rings. The highest BCUT2D eigenvalue weighted by molar-refractivity contribution is 5.37. The van der Waals surface area contributed by atoms with E-state index in [0.29, 0.717) is 18.3 Å². The van der Waals surface area contributed by atoms with E-state index in [4.69, 9.17) is 0 Å². The second-order valence-corrected chi connectivity index (χ2v) is 4.85. The third-order valence-corrected chi connectivity index (χ3v) is 3.23. The van der Waals surface area contributed by atoms with Crippen molar-refractivity contribution in [2.45, 2.75) is 32.4 Å². The maximum absolute atomic E-state index is 13.9. The predicted molar refractivity (Wildman–Crippen MR) is 65.9 cm³/mol. The molecule has 2 aromatic rings. The van der Waals surface area contributed by atoms with Crippen LogP contribution in [0.2, 0.25) is 0 Å². The minimum atomic E-state index is -0.503. The molecule has 4 nitrogen and oxygen atoms in total. The summed E-state index contributed by atoms with van der Waals surface area (Å²) in [6.07, 6.45) is 3.89. The Balaban J connectivity index is 1.92. The Hall–Kier alpha value is -1.82. The van der Waals surface area contributed by atoms with Crippen LogP contribution in [0.25, 0.3) is 5.69 Å². The molecule has 1 aromatic carbocycles. The molecule has 0 atom stereocenters. The van der Waals surface area contributed by atoms with Crippen LogP contribution in [-0.2, 0) is 6.54 Å². The monoisotopic (exact) mass is 264 g/mol. The Morgan fingerprint density at radius 3 is 2.84 bits per heavy atom. The summed E-state index contributed by atoms with van der Waals surface area (Å²) >= 11 is 0. The van der Waals surface area contributed by atoms with Gasteiger partial charge in [0.2, 0.25) is 0 Å². The van der Waals surface area contributed by atoms with Crippen LogP contribution < -0.4 is 5.32 Å². The van der Waals surface area contributed by atoms with Crippen LogP contribution in [0.3, 0.4) is 0 Å². The SMILES string of the molecule is Cc1cc(F)c(-n2nncc2CNC2CC2)cc1F. The molecule has 0 unspecified atom stereocenters. The van der Waals surface area contributed by atoms with Gasteiger partial charge in [-0.15, -0.1) is 5.10 Å². The number of halogens is 2. The molecule has 1 aliphatic carbocycles. The molecule has 1 heterocycles. The van der Waals surface area contributed by atoms with Gasteiger partial charge >= 0.3 is 0 Å². The van der Waals surface area contributed by atoms with Gasteiger partial charge in [0.1, 0.15) is 17.3 Å². The van der Waals surface area contributed by atoms with Crippen LogP contribution in [0.4, 0.5) is 8.78 Å². The van der Waals surface area contributed by atoms with Gasteiger partial charge in [-0.3, -0.25) is 0 Å². The van der Waals surface area contributed by atoms with Crippen molar-refractivity contribution in [2.24, 2.45) is 0 Å². The van der Waals surface area contributed by atoms with Crippen LogP contribution >= 0.6 is 0 Å². The Kier molecular flexibility index (Phi) is 3.02. The average molecular weight is 264 g/mol. The first-order valence-corrected chi connectivity index (χ1v) is 6.24. The zero-order valence-corrected chi connectivity index (χ0v) is 10.5. The first kappa shape index (κ1) is 12.2. The van der Waals surface area contributed by atoms with E-state index >= 15 is 0 Å². The average Bonchev–Trinajstić information content (AvgIpc) is 3.09. The summed E-state index contributed by atoms with van der Waals surface area (Å²) in [4.78, 5) is 0. The minimum Gasteiger partial charge on any atom is -0.308 e. The Labute approximate surface area is 109 Å². The largest absolute Gasteiger partial charge is 0.308 e. The summed E-state index contributed by atoms with van der Waals surface area (Å²) in [6.45, 7) is 2.08. The van der Waals surface area contributed by atoms with Crippen LogP contribution in [0.5, 0.6) is 0 Å². The molecular formula is C13H14F2N4. The number of aryl methyl sites for hydroxylation is 1. The second-order valence-electron chi connectivity index (χ2n) is 4.85. The molecule has 19 heavy (non-hydrogen) atoms. The van der Waals surface area contributed by atoms with Gasteiger partial charge in [-0.1, -0.05) is 5.21 Å². The molecule has 0 saturated heterocycles. The number of benzene rings is 1. The van der Waals surface area contributed by atoms with Crippen LogP contribution in [0.1, 0.15) is 24.1 Å². The van der Waals surface area contributed by atoms with Gasteiger partial charge in [-0.2, -0.15) is 0 Å². The van der Waals surface area contributed by atoms with E-state index in [0.717, 1.165) is 18.9 Å². The quantitative estimate of drug-likeness (QED) is 0.919. The number of nitrogens with zero attached hydrogens (tertiary/aromatic N) is 3. The molecule has 0 bridgehead atoms. The van der Waals surface area contributed by atoms with Crippen LogP contribution in [0, 0.1) is 18.6 Å². The lowest BCUT2D eigenvalue weighted by Gasteiger charge is -2.09. The maximum Gasteiger partial charge on any atom is 0.149 e. The second kappa shape index (κ2) is 4.70. The third kappa shape index (κ3) is 2.49. The van der Waals surface area contributed by atoms with E-state index in [9.17, 15) is 8.78 Å². The standard InChI is InChI=1S/C13H14F2N4/c1-8-4-12(15)13(5-11(8)14)19-10(7-17-18-19)6-16-9-2-3-9/h4-5,7,9,16H,2-3,6H2,1H3. The van der Waals surface area contributed by atoms with Crippen molar-refractivity contribution < 1.29 is 8.78 Å². The maximum atomic E-state index is 13.9. The van der Waals surface area contributed by atoms with E-state index in [-0.39, 0.29) is 11.3 Å². The number of rotatable bonds is 4. The molecule has 0 amide bonds. The van der Waals surface area contributed by atoms with Crippen molar-refractivity contribution in [3.8, 4) is 5.69 Å². The summed E-state index contributed by atoms with van der Waals surface area (Å²) in [6, 6.07) is 2.85. The molecule has 100 valence electrons. The van der Waals surface area contributed by atoms with E-state index in [2.05, 4.69) is 15.6 Å². The molecule has 6 heteroatoms. The molecule has 1 aromatic heterocycles. The van der Waals surface area contributed by atoms with Gasteiger partial charge in [-0.25, -0.2) is 13.5 Å². The van der Waals surface area contributed by atoms with Gasteiger partial charge in [-0.05, 0) is 31.4 Å². The molecule has 3 rings (SSSR count). The zero-order chi connectivity index (χ0) is 13.4. The van der Waals surface area contributed by atoms with Crippen LogP contribution in [0.15, 0.2) is 18.3 Å². The van der Waals surface area contributed by atoms with Crippen molar-refractivity contribution >= 4 is 0 Å². The topological polar surface area (TPSA) is 42.7 Å². The Morgan fingerprint density at radius 1 is 1.32 bits per heavy atom. The smallest absolute Gasteiger partial charge is 0.149 e. The van der Waals surface area contributed by atoms with Crippen molar-refractivity contribution in [3.05, 3.63) is 41.2 Å². The van der Waals surface area contributed by atoms with Gasteiger partial charge in [0.15, 0.2) is 0 Å². The van der Waals surface area contributed by atoms with E-state index in [1.165, 1.54) is 17.7 Å². The van der Waals surface area contributed by atoms with Gasteiger partial charge in [0, 0.05) is 18.7 Å². The number of hydrogen-bond acceptors (Lipinski definition) is 3. The third-order valence-electron chi connectivity index (χ3n) is 3.23. The first-order chi connectivity index (χ1) is 9.15. The Morgan fingerprint density at radius 2 is 2.11 bits per heavy atom. The Bertz CT molecular complexity index is 605. The van der Waals surface area contributed by atoms with E-state index in [1.54, 1.807) is 6.20 Å². The molecule has 0 radical (unpaired) electrons. The fraction of sp³-hybridized carbons (Fsp3) is 0.385. The van der Waals surface area contributed by atoms with E-state index < -0.39 is 11.6 Å². The molecule has 1 N–H and O–H groups in total. The summed E-state index contributed by atoms with van der Waals surface area (Å²) in [7, 11) is 0. The fourth-order valence-corrected chi connectivity index (χ4v) is 1.91. The lowest BCUT2D eigenvalue weighted by molar-refractivity contribution is 0.569. The van der Waals surface area contributed by atoms with E-state index in [1.807, 2.05) is 0 Å². The highest BCUT2D eigenvalue weighted by atomic mass is 19.1. The van der Waals surface area contributed by atoms with Crippen LogP contribution in [-0.4, -0.2) is 21.0 Å².